The van der Waals surface area contributed by atoms with E-state index in [1.165, 1.54) is 13.1 Å². The van der Waals surface area contributed by atoms with Crippen molar-refractivity contribution in [3.05, 3.63) is 23.8 Å². The Bertz CT molecular complexity index is 400. The molecule has 0 bridgehead atoms. The van der Waals surface area contributed by atoms with Crippen LogP contribution in [0.25, 0.3) is 0 Å². The lowest BCUT2D eigenvalue weighted by molar-refractivity contribution is -0.147. The number of hydrogen-bond donors (Lipinski definition) is 5. The second-order valence-corrected chi connectivity index (χ2v) is 3.32. The summed E-state index contributed by atoms with van der Waals surface area (Å²) in [4.78, 5) is 11.1. The molecular formula is C10H13NO5. The van der Waals surface area contributed by atoms with Crippen LogP contribution in [0, 0.1) is 0 Å². The second kappa shape index (κ2) is 4.38. The average molecular weight is 227 g/mol. The number of aromatic hydroxyl groups is 2. The first kappa shape index (κ1) is 12.3. The molecule has 0 fully saturated rings. The van der Waals surface area contributed by atoms with Gasteiger partial charge in [-0.05, 0) is 24.7 Å². The van der Waals surface area contributed by atoms with E-state index in [2.05, 4.69) is 5.32 Å². The van der Waals surface area contributed by atoms with E-state index >= 15 is 0 Å². The van der Waals surface area contributed by atoms with Crippen molar-refractivity contribution in [1.82, 2.24) is 5.32 Å². The lowest BCUT2D eigenvalue weighted by Crippen LogP contribution is -2.50. The number of nitrogens with one attached hydrogen (secondary N) is 1. The molecule has 0 aliphatic heterocycles. The lowest BCUT2D eigenvalue weighted by Gasteiger charge is -2.27. The van der Waals surface area contributed by atoms with Crippen molar-refractivity contribution in [2.75, 3.05) is 13.7 Å². The van der Waals surface area contributed by atoms with Gasteiger partial charge in [0.05, 0.1) is 6.61 Å². The van der Waals surface area contributed by atoms with Crippen molar-refractivity contribution in [2.24, 2.45) is 0 Å². The number of aliphatic hydroxyl groups excluding tert-OH is 1. The predicted molar refractivity (Wildman–Crippen MR) is 55.2 cm³/mol. The molecule has 6 heteroatoms. The number of phenolic OH excluding ortho intramolecular Hbond substituents is 2. The highest BCUT2D eigenvalue weighted by Crippen LogP contribution is 2.30. The summed E-state index contributed by atoms with van der Waals surface area (Å²) in [5.74, 6) is -2.06. The summed E-state index contributed by atoms with van der Waals surface area (Å²) in [6.45, 7) is -0.678. The van der Waals surface area contributed by atoms with E-state index in [0.717, 1.165) is 12.1 Å². The van der Waals surface area contributed by atoms with E-state index < -0.39 is 23.9 Å². The Hall–Kier alpha value is -1.79. The van der Waals surface area contributed by atoms with Gasteiger partial charge in [-0.15, -0.1) is 0 Å². The highest BCUT2D eigenvalue weighted by atomic mass is 16.4. The topological polar surface area (TPSA) is 110 Å². The molecule has 1 aromatic carbocycles. The Morgan fingerprint density at radius 2 is 2.00 bits per heavy atom. The molecule has 1 aromatic rings. The minimum atomic E-state index is -1.69. The van der Waals surface area contributed by atoms with Crippen molar-refractivity contribution >= 4 is 5.97 Å². The number of carbonyl (C=O) groups is 1. The van der Waals surface area contributed by atoms with Crippen LogP contribution in [0.3, 0.4) is 0 Å². The van der Waals surface area contributed by atoms with Crippen LogP contribution < -0.4 is 5.32 Å². The number of rotatable bonds is 4. The van der Waals surface area contributed by atoms with Crippen LogP contribution in [0.4, 0.5) is 0 Å². The Morgan fingerprint density at radius 1 is 1.38 bits per heavy atom. The summed E-state index contributed by atoms with van der Waals surface area (Å²) in [7, 11) is 1.38. The number of aliphatic carboxylic acids is 1. The van der Waals surface area contributed by atoms with Crippen LogP contribution in [0.1, 0.15) is 5.56 Å². The van der Waals surface area contributed by atoms with Gasteiger partial charge < -0.3 is 20.4 Å². The minimum absolute atomic E-state index is 0.153. The van der Waals surface area contributed by atoms with Crippen molar-refractivity contribution in [2.45, 2.75) is 5.54 Å². The molecule has 0 spiro atoms. The fourth-order valence-electron chi connectivity index (χ4n) is 1.40. The van der Waals surface area contributed by atoms with E-state index in [9.17, 15) is 15.0 Å². The van der Waals surface area contributed by atoms with Crippen LogP contribution in [0.2, 0.25) is 0 Å². The summed E-state index contributed by atoms with van der Waals surface area (Å²) in [6.07, 6.45) is 0. The van der Waals surface area contributed by atoms with Gasteiger partial charge in [0.1, 0.15) is 0 Å². The van der Waals surface area contributed by atoms with Gasteiger partial charge in [-0.25, -0.2) is 4.79 Å². The Balaban J connectivity index is 3.31. The fourth-order valence-corrected chi connectivity index (χ4v) is 1.40. The summed E-state index contributed by atoms with van der Waals surface area (Å²) in [6, 6.07) is 3.57. The minimum Gasteiger partial charge on any atom is -0.504 e. The number of hydrogen-bond acceptors (Lipinski definition) is 5. The number of aliphatic hydroxyl groups is 1. The van der Waals surface area contributed by atoms with Crippen molar-refractivity contribution in [3.63, 3.8) is 0 Å². The molecule has 1 atom stereocenters. The zero-order valence-corrected chi connectivity index (χ0v) is 8.64. The average Bonchev–Trinajstić information content (AvgIpc) is 2.25. The highest BCUT2D eigenvalue weighted by Gasteiger charge is 2.38. The quantitative estimate of drug-likeness (QED) is 0.447. The van der Waals surface area contributed by atoms with Crippen LogP contribution in [-0.4, -0.2) is 40.0 Å². The first-order valence-corrected chi connectivity index (χ1v) is 4.53. The Morgan fingerprint density at radius 3 is 2.38 bits per heavy atom. The molecule has 88 valence electrons. The van der Waals surface area contributed by atoms with Crippen LogP contribution >= 0.6 is 0 Å². The molecule has 0 aliphatic rings. The molecule has 0 aromatic heterocycles. The number of carboxylic acids is 1. The van der Waals surface area contributed by atoms with Gasteiger partial charge in [-0.2, -0.15) is 0 Å². The Labute approximate surface area is 91.8 Å². The van der Waals surface area contributed by atoms with Gasteiger partial charge in [-0.3, -0.25) is 5.32 Å². The fraction of sp³-hybridized carbons (Fsp3) is 0.300. The number of likely N-dealkylation sites (N-methyl/N-ethyl adjacent to an activating group) is 1. The maximum absolute atomic E-state index is 11.1. The van der Waals surface area contributed by atoms with Crippen LogP contribution in [0.5, 0.6) is 11.5 Å². The predicted octanol–water partition coefficient (Wildman–Crippen LogP) is -0.411. The molecule has 0 aliphatic carbocycles. The second-order valence-electron chi connectivity index (χ2n) is 3.32. The summed E-state index contributed by atoms with van der Waals surface area (Å²) in [5.41, 5.74) is -1.54. The largest absolute Gasteiger partial charge is 0.504 e. The lowest BCUT2D eigenvalue weighted by atomic mass is 9.90. The van der Waals surface area contributed by atoms with Gasteiger partial charge in [0.25, 0.3) is 0 Å². The van der Waals surface area contributed by atoms with E-state index in [0.29, 0.717) is 0 Å². The molecule has 0 radical (unpaired) electrons. The Kier molecular flexibility index (Phi) is 3.36. The van der Waals surface area contributed by atoms with Gasteiger partial charge >= 0.3 is 5.97 Å². The normalized spacial score (nSPS) is 14.4. The highest BCUT2D eigenvalue weighted by molar-refractivity contribution is 5.81. The third-order valence-corrected chi connectivity index (χ3v) is 2.50. The van der Waals surface area contributed by atoms with Gasteiger partial charge in [0.15, 0.2) is 17.0 Å². The van der Waals surface area contributed by atoms with Gasteiger partial charge in [0.2, 0.25) is 0 Å². The summed E-state index contributed by atoms with van der Waals surface area (Å²) < 4.78 is 0. The van der Waals surface area contributed by atoms with Crippen molar-refractivity contribution in [3.8, 4) is 11.5 Å². The molecule has 1 unspecified atom stereocenters. The molecule has 0 amide bonds. The maximum atomic E-state index is 11.1. The summed E-state index contributed by atoms with van der Waals surface area (Å²) in [5, 5.41) is 39.1. The zero-order valence-electron chi connectivity index (χ0n) is 8.64. The molecule has 1 rings (SSSR count). The third-order valence-electron chi connectivity index (χ3n) is 2.50. The summed E-state index contributed by atoms with van der Waals surface area (Å²) >= 11 is 0. The zero-order chi connectivity index (χ0) is 12.3. The molecule has 0 saturated carbocycles. The SMILES string of the molecule is CNC(CO)(C(=O)O)c1ccc(O)c(O)c1. The van der Waals surface area contributed by atoms with E-state index in [4.69, 9.17) is 10.2 Å². The molecule has 0 heterocycles. The smallest absolute Gasteiger partial charge is 0.330 e. The van der Waals surface area contributed by atoms with Crippen molar-refractivity contribution < 1.29 is 25.2 Å². The van der Waals surface area contributed by atoms with E-state index in [1.807, 2.05) is 0 Å². The maximum Gasteiger partial charge on any atom is 0.330 e. The van der Waals surface area contributed by atoms with Crippen LogP contribution in [0.15, 0.2) is 18.2 Å². The number of benzene rings is 1. The molecule has 16 heavy (non-hydrogen) atoms. The third kappa shape index (κ3) is 1.80. The van der Waals surface area contributed by atoms with E-state index in [-0.39, 0.29) is 11.3 Å². The first-order chi connectivity index (χ1) is 7.47. The van der Waals surface area contributed by atoms with Crippen molar-refractivity contribution in [1.29, 1.82) is 0 Å². The molecule has 6 nitrogen and oxygen atoms in total. The monoisotopic (exact) mass is 227 g/mol. The van der Waals surface area contributed by atoms with E-state index in [1.54, 1.807) is 0 Å². The number of phenols is 2. The number of carboxylic acid groups (broad SMARTS) is 1. The first-order valence-electron chi connectivity index (χ1n) is 4.53. The van der Waals surface area contributed by atoms with Crippen LogP contribution in [-0.2, 0) is 10.3 Å². The van der Waals surface area contributed by atoms with Gasteiger partial charge in [0, 0.05) is 0 Å². The molecule has 5 N–H and O–H groups in total. The standard InChI is InChI=1S/C10H13NO5/c1-11-10(5-12,9(15)16)6-2-3-7(13)8(14)4-6/h2-4,11-14H,5H2,1H3,(H,15,16). The van der Waals surface area contributed by atoms with Gasteiger partial charge in [-0.1, -0.05) is 6.07 Å². The molecular weight excluding hydrogens is 214 g/mol. The molecule has 0 saturated heterocycles.